The zero-order valence-electron chi connectivity index (χ0n) is 9.93. The Morgan fingerprint density at radius 1 is 1.39 bits per heavy atom. The summed E-state index contributed by atoms with van der Waals surface area (Å²) in [5.74, 6) is 0. The van der Waals surface area contributed by atoms with E-state index in [0.29, 0.717) is 17.9 Å². The lowest BCUT2D eigenvalue weighted by Gasteiger charge is -2.06. The van der Waals surface area contributed by atoms with Gasteiger partial charge < -0.3 is 16.4 Å². The summed E-state index contributed by atoms with van der Waals surface area (Å²) < 4.78 is 0. The van der Waals surface area contributed by atoms with Crippen LogP contribution < -0.4 is 16.4 Å². The molecule has 1 aromatic heterocycles. The van der Waals surface area contributed by atoms with Gasteiger partial charge in [-0.3, -0.25) is 0 Å². The van der Waals surface area contributed by atoms with E-state index in [1.165, 1.54) is 0 Å². The maximum atomic E-state index is 11.6. The molecule has 5 nitrogen and oxygen atoms in total. The Labute approximate surface area is 109 Å². The minimum absolute atomic E-state index is 0.245. The van der Waals surface area contributed by atoms with Crippen molar-refractivity contribution in [3.05, 3.63) is 40.3 Å². The van der Waals surface area contributed by atoms with Crippen LogP contribution in [-0.4, -0.2) is 11.0 Å². The van der Waals surface area contributed by atoms with Gasteiger partial charge in [0.05, 0.1) is 11.6 Å². The third kappa shape index (κ3) is 3.46. The van der Waals surface area contributed by atoms with Gasteiger partial charge in [-0.1, -0.05) is 0 Å². The molecule has 0 atom stereocenters. The van der Waals surface area contributed by atoms with E-state index in [2.05, 4.69) is 15.6 Å². The molecule has 2 aromatic rings. The molecule has 0 saturated heterocycles. The second-order valence-electron chi connectivity index (χ2n) is 3.78. The monoisotopic (exact) mass is 262 g/mol. The van der Waals surface area contributed by atoms with Gasteiger partial charge in [0.1, 0.15) is 0 Å². The Kier molecular flexibility index (Phi) is 3.78. The Balaban J connectivity index is 1.83. The fraction of sp³-hybridized carbons (Fsp3) is 0.167. The number of aromatic nitrogens is 1. The van der Waals surface area contributed by atoms with Crippen LogP contribution in [0.5, 0.6) is 0 Å². The molecule has 2 amide bonds. The fourth-order valence-electron chi connectivity index (χ4n) is 1.40. The highest BCUT2D eigenvalue weighted by Crippen LogP contribution is 2.12. The third-order valence-corrected chi connectivity index (χ3v) is 3.17. The number of nitrogens with two attached hydrogens (primary N) is 1. The zero-order chi connectivity index (χ0) is 13.0. The first-order chi connectivity index (χ1) is 8.63. The van der Waals surface area contributed by atoms with Crippen LogP contribution >= 0.6 is 11.3 Å². The van der Waals surface area contributed by atoms with Gasteiger partial charge in [0.2, 0.25) is 0 Å². The van der Waals surface area contributed by atoms with Gasteiger partial charge in [-0.25, -0.2) is 9.78 Å². The summed E-state index contributed by atoms with van der Waals surface area (Å²) in [6.45, 7) is 2.41. The highest BCUT2D eigenvalue weighted by Gasteiger charge is 2.03. The molecule has 18 heavy (non-hydrogen) atoms. The van der Waals surface area contributed by atoms with Crippen LogP contribution in [0.2, 0.25) is 0 Å². The summed E-state index contributed by atoms with van der Waals surface area (Å²) in [5.41, 5.74) is 6.94. The summed E-state index contributed by atoms with van der Waals surface area (Å²) in [7, 11) is 0. The number of nitrogens with zero attached hydrogens (tertiary/aromatic N) is 1. The van der Waals surface area contributed by atoms with E-state index < -0.39 is 0 Å². The van der Waals surface area contributed by atoms with Crippen LogP contribution in [0.3, 0.4) is 0 Å². The van der Waals surface area contributed by atoms with Crippen molar-refractivity contribution in [2.24, 2.45) is 0 Å². The molecule has 4 N–H and O–H groups in total. The van der Waals surface area contributed by atoms with Gasteiger partial charge in [-0.05, 0) is 31.2 Å². The van der Waals surface area contributed by atoms with Gasteiger partial charge in [-0.15, -0.1) is 11.3 Å². The molecule has 0 bridgehead atoms. The molecular formula is C12H14N4OS. The maximum Gasteiger partial charge on any atom is 0.319 e. The van der Waals surface area contributed by atoms with Crippen LogP contribution in [-0.2, 0) is 6.54 Å². The maximum absolute atomic E-state index is 11.6. The van der Waals surface area contributed by atoms with E-state index in [-0.39, 0.29) is 6.03 Å². The van der Waals surface area contributed by atoms with Crippen molar-refractivity contribution < 1.29 is 4.79 Å². The van der Waals surface area contributed by atoms with E-state index in [1.54, 1.807) is 41.8 Å². The molecule has 6 heteroatoms. The second-order valence-corrected chi connectivity index (χ2v) is 5.09. The summed E-state index contributed by atoms with van der Waals surface area (Å²) in [4.78, 5) is 16.8. The summed E-state index contributed by atoms with van der Waals surface area (Å²) in [6.07, 6.45) is 1.77. The molecule has 0 spiro atoms. The smallest absolute Gasteiger partial charge is 0.319 e. The molecule has 94 valence electrons. The number of carbonyl (C=O) groups is 1. The lowest BCUT2D eigenvalue weighted by Crippen LogP contribution is -2.27. The van der Waals surface area contributed by atoms with Gasteiger partial charge in [0.15, 0.2) is 0 Å². The predicted octanol–water partition coefficient (Wildman–Crippen LogP) is 2.36. The summed E-state index contributed by atoms with van der Waals surface area (Å²) >= 11 is 1.57. The first-order valence-electron chi connectivity index (χ1n) is 5.45. The first kappa shape index (κ1) is 12.4. The van der Waals surface area contributed by atoms with Crippen LogP contribution in [0.15, 0.2) is 30.5 Å². The molecule has 1 heterocycles. The number of urea groups is 1. The van der Waals surface area contributed by atoms with Gasteiger partial charge in [-0.2, -0.15) is 0 Å². The average Bonchev–Trinajstić information content (AvgIpc) is 2.76. The minimum Gasteiger partial charge on any atom is -0.399 e. The minimum atomic E-state index is -0.245. The topological polar surface area (TPSA) is 80.0 Å². The highest BCUT2D eigenvalue weighted by molar-refractivity contribution is 7.11. The first-order valence-corrected chi connectivity index (χ1v) is 6.27. The standard InChI is InChI=1S/C12H14N4OS/c1-8-14-6-11(18-8)7-15-12(17)16-10-4-2-9(13)3-5-10/h2-6H,7,13H2,1H3,(H2,15,16,17). The number of rotatable bonds is 3. The Morgan fingerprint density at radius 2 is 2.11 bits per heavy atom. The van der Waals surface area contributed by atoms with Crippen molar-refractivity contribution >= 4 is 28.7 Å². The van der Waals surface area contributed by atoms with Crippen molar-refractivity contribution in [3.63, 3.8) is 0 Å². The lowest BCUT2D eigenvalue weighted by atomic mass is 10.3. The third-order valence-electron chi connectivity index (χ3n) is 2.26. The number of anilines is 2. The number of hydrogen-bond acceptors (Lipinski definition) is 4. The van der Waals surface area contributed by atoms with Crippen LogP contribution in [0.1, 0.15) is 9.88 Å². The van der Waals surface area contributed by atoms with E-state index in [0.717, 1.165) is 9.88 Å². The van der Waals surface area contributed by atoms with Crippen LogP contribution in [0.25, 0.3) is 0 Å². The number of hydrogen-bond donors (Lipinski definition) is 3. The number of nitrogens with one attached hydrogen (secondary N) is 2. The summed E-state index contributed by atoms with van der Waals surface area (Å²) in [6, 6.07) is 6.74. The van der Waals surface area contributed by atoms with E-state index >= 15 is 0 Å². The van der Waals surface area contributed by atoms with Crippen molar-refractivity contribution in [1.82, 2.24) is 10.3 Å². The number of amides is 2. The van der Waals surface area contributed by atoms with Gasteiger partial charge >= 0.3 is 6.03 Å². The largest absolute Gasteiger partial charge is 0.399 e. The van der Waals surface area contributed by atoms with Gasteiger partial charge in [0.25, 0.3) is 0 Å². The van der Waals surface area contributed by atoms with Crippen LogP contribution in [0, 0.1) is 6.92 Å². The molecular weight excluding hydrogens is 248 g/mol. The molecule has 2 rings (SSSR count). The quantitative estimate of drug-likeness (QED) is 0.743. The normalized spacial score (nSPS) is 10.1. The number of thiazole rings is 1. The van der Waals surface area contributed by atoms with E-state index in [9.17, 15) is 4.79 Å². The molecule has 0 aliphatic heterocycles. The van der Waals surface area contributed by atoms with Crippen molar-refractivity contribution in [2.75, 3.05) is 11.1 Å². The molecule has 0 aliphatic carbocycles. The van der Waals surface area contributed by atoms with E-state index in [1.807, 2.05) is 6.92 Å². The molecule has 1 aromatic carbocycles. The Hall–Kier alpha value is -2.08. The number of aryl methyl sites for hydroxylation is 1. The molecule has 0 fully saturated rings. The predicted molar refractivity (Wildman–Crippen MR) is 73.6 cm³/mol. The lowest BCUT2D eigenvalue weighted by molar-refractivity contribution is 0.252. The van der Waals surface area contributed by atoms with Crippen molar-refractivity contribution in [1.29, 1.82) is 0 Å². The van der Waals surface area contributed by atoms with Gasteiger partial charge in [0, 0.05) is 22.4 Å². The fourth-order valence-corrected chi connectivity index (χ4v) is 2.13. The number of benzene rings is 1. The van der Waals surface area contributed by atoms with Crippen molar-refractivity contribution in [3.8, 4) is 0 Å². The average molecular weight is 262 g/mol. The molecule has 0 saturated carbocycles. The van der Waals surface area contributed by atoms with Crippen molar-refractivity contribution in [2.45, 2.75) is 13.5 Å². The second kappa shape index (κ2) is 5.50. The van der Waals surface area contributed by atoms with Crippen LogP contribution in [0.4, 0.5) is 16.2 Å². The SMILES string of the molecule is Cc1ncc(CNC(=O)Nc2ccc(N)cc2)s1. The molecule has 0 radical (unpaired) electrons. The molecule has 0 unspecified atom stereocenters. The Morgan fingerprint density at radius 3 is 2.72 bits per heavy atom. The summed E-state index contributed by atoms with van der Waals surface area (Å²) in [5, 5.41) is 6.48. The zero-order valence-corrected chi connectivity index (χ0v) is 10.8. The molecule has 0 aliphatic rings. The number of nitrogen functional groups attached to an aromatic ring is 1. The number of carbonyl (C=O) groups excluding carboxylic acids is 1. The Bertz CT molecular complexity index is 535. The highest BCUT2D eigenvalue weighted by atomic mass is 32.1. The van der Waals surface area contributed by atoms with E-state index in [4.69, 9.17) is 5.73 Å².